The van der Waals surface area contributed by atoms with E-state index in [4.69, 9.17) is 6.85 Å². The zero-order valence-corrected chi connectivity index (χ0v) is 14.3. The molecule has 5 aromatic rings. The average Bonchev–Trinajstić information content (AvgIpc) is 3.16. The molecule has 0 saturated heterocycles. The van der Waals surface area contributed by atoms with Crippen molar-refractivity contribution in [3.8, 4) is 5.69 Å². The average molecular weight is 352 g/mol. The first-order chi connectivity index (χ1) is 15.4. The van der Waals surface area contributed by atoms with Gasteiger partial charge in [-0.2, -0.15) is 0 Å². The van der Waals surface area contributed by atoms with Gasteiger partial charge in [0.25, 0.3) is 0 Å². The van der Waals surface area contributed by atoms with Gasteiger partial charge in [-0.3, -0.25) is 4.79 Å². The van der Waals surface area contributed by atoms with E-state index < -0.39 is 36.0 Å². The predicted octanol–water partition coefficient (Wildman–Crippen LogP) is 6.01. The van der Waals surface area contributed by atoms with E-state index in [0.29, 0.717) is 5.52 Å². The zero-order valence-electron chi connectivity index (χ0n) is 19.3. The van der Waals surface area contributed by atoms with Gasteiger partial charge in [0.1, 0.15) is 0 Å². The normalized spacial score (nSPS) is 13.7. The van der Waals surface area contributed by atoms with Crippen LogP contribution >= 0.6 is 0 Å². The van der Waals surface area contributed by atoms with Crippen molar-refractivity contribution in [1.29, 1.82) is 0 Å². The molecule has 128 valence electrons. The van der Waals surface area contributed by atoms with Crippen molar-refractivity contribution in [1.82, 2.24) is 4.57 Å². The van der Waals surface area contributed by atoms with Crippen LogP contribution in [-0.2, 0) is 0 Å². The van der Waals surface area contributed by atoms with Crippen LogP contribution < -0.4 is 0 Å². The van der Waals surface area contributed by atoms with Gasteiger partial charge in [0.2, 0.25) is 0 Å². The molecule has 0 N–H and O–H groups in total. The molecule has 1 aromatic heterocycles. The highest BCUT2D eigenvalue weighted by Gasteiger charge is 2.19. The lowest BCUT2D eigenvalue weighted by atomic mass is 10.0. The number of carbonyl (C=O) groups is 1. The van der Waals surface area contributed by atoms with E-state index in [2.05, 4.69) is 0 Å². The number of aromatic nitrogens is 1. The molecule has 5 rings (SSSR count). The smallest absolute Gasteiger partial charge is 0.195 e. The van der Waals surface area contributed by atoms with Crippen molar-refractivity contribution in [2.24, 2.45) is 0 Å². The van der Waals surface area contributed by atoms with Gasteiger partial charge in [0, 0.05) is 27.6 Å². The summed E-state index contributed by atoms with van der Waals surface area (Å²) < 4.78 is 42.2. The van der Waals surface area contributed by atoms with Gasteiger partial charge in [0.15, 0.2) is 5.78 Å². The first-order valence-electron chi connectivity index (χ1n) is 11.1. The maximum Gasteiger partial charge on any atom is 0.195 e. The Morgan fingerprint density at radius 2 is 1.44 bits per heavy atom. The monoisotopic (exact) mass is 352 g/mol. The van der Waals surface area contributed by atoms with E-state index in [1.807, 2.05) is 65.2 Å². The number of hydrogen-bond acceptors (Lipinski definition) is 1. The summed E-state index contributed by atoms with van der Waals surface area (Å²) in [7, 11) is 0. The summed E-state index contributed by atoms with van der Waals surface area (Å²) in [4.78, 5) is 13.7. The first kappa shape index (κ1) is 11.1. The fourth-order valence-corrected chi connectivity index (χ4v) is 3.55. The third-order valence-electron chi connectivity index (χ3n) is 4.68. The molecular weight excluding hydrogens is 330 g/mol. The van der Waals surface area contributed by atoms with Crippen LogP contribution in [0.5, 0.6) is 0 Å². The van der Waals surface area contributed by atoms with Gasteiger partial charge in [0.05, 0.1) is 17.9 Å². The van der Waals surface area contributed by atoms with E-state index in [1.54, 1.807) is 12.1 Å². The van der Waals surface area contributed by atoms with Crippen molar-refractivity contribution >= 4 is 27.6 Å². The fourth-order valence-electron chi connectivity index (χ4n) is 3.55. The van der Waals surface area contributed by atoms with E-state index in [-0.39, 0.29) is 11.1 Å². The van der Waals surface area contributed by atoms with Gasteiger partial charge in [-0.05, 0) is 24.3 Å². The van der Waals surface area contributed by atoms with Crippen LogP contribution in [0.25, 0.3) is 27.5 Å². The number of fused-ring (bicyclic) bond motifs is 3. The molecular formula is C25H17NO. The number of ketones is 1. The van der Waals surface area contributed by atoms with Crippen LogP contribution in [0.4, 0.5) is 0 Å². The molecule has 2 heteroatoms. The number of benzene rings is 4. The van der Waals surface area contributed by atoms with Crippen molar-refractivity contribution in [3.63, 3.8) is 0 Å². The SMILES string of the molecule is [2H]c1c([2H])c([2H])c(C(=O)c2cccc3c4ccccc4n(-c4ccccc4)c23)c([2H])c1[2H]. The molecule has 27 heavy (non-hydrogen) atoms. The van der Waals surface area contributed by atoms with Crippen LogP contribution in [0, 0.1) is 0 Å². The lowest BCUT2D eigenvalue weighted by molar-refractivity contribution is 0.104. The van der Waals surface area contributed by atoms with Crippen LogP contribution in [0.15, 0.2) is 103 Å². The molecule has 0 amide bonds. The Balaban J connectivity index is 1.90. The van der Waals surface area contributed by atoms with Crippen LogP contribution in [0.2, 0.25) is 0 Å². The number of hydrogen-bond donors (Lipinski definition) is 0. The number of rotatable bonds is 3. The summed E-state index contributed by atoms with van der Waals surface area (Å²) in [6, 6.07) is 20.2. The highest BCUT2D eigenvalue weighted by molar-refractivity contribution is 6.21. The number of carbonyl (C=O) groups excluding carboxylic acids is 1. The lowest BCUT2D eigenvalue weighted by Gasteiger charge is -2.11. The predicted molar refractivity (Wildman–Crippen MR) is 111 cm³/mol. The second kappa shape index (κ2) is 6.26. The van der Waals surface area contributed by atoms with E-state index in [9.17, 15) is 4.79 Å². The molecule has 0 bridgehead atoms. The molecule has 0 radical (unpaired) electrons. The van der Waals surface area contributed by atoms with Crippen molar-refractivity contribution in [2.45, 2.75) is 0 Å². The second-order valence-corrected chi connectivity index (χ2v) is 6.22. The van der Waals surface area contributed by atoms with Gasteiger partial charge in [-0.25, -0.2) is 0 Å². The Bertz CT molecular complexity index is 1510. The molecule has 0 aliphatic carbocycles. The molecule has 0 spiro atoms. The molecule has 0 fully saturated rings. The molecule has 0 saturated carbocycles. The summed E-state index contributed by atoms with van der Waals surface area (Å²) >= 11 is 0. The molecule has 0 aliphatic heterocycles. The molecule has 0 unspecified atom stereocenters. The third kappa shape index (κ3) is 2.46. The van der Waals surface area contributed by atoms with E-state index >= 15 is 0 Å². The summed E-state index contributed by atoms with van der Waals surface area (Å²) in [5, 5.41) is 1.81. The Kier molecular flexibility index (Phi) is 2.58. The number of para-hydroxylation sites is 3. The van der Waals surface area contributed by atoms with Crippen LogP contribution in [-0.4, -0.2) is 10.4 Å². The van der Waals surface area contributed by atoms with E-state index in [1.165, 1.54) is 0 Å². The summed E-state index contributed by atoms with van der Waals surface area (Å²) in [6.07, 6.45) is 0. The standard InChI is InChI=1S/C25H17NO/c27-25(18-10-3-1-4-11-18)22-16-9-15-21-20-14-7-8-17-23(20)26(24(21)22)19-12-5-2-6-13-19/h1-17H/i1D,3D,4D,10D,11D. The van der Waals surface area contributed by atoms with Crippen molar-refractivity contribution in [3.05, 3.63) is 114 Å². The quantitative estimate of drug-likeness (QED) is 0.364. The van der Waals surface area contributed by atoms with Gasteiger partial charge in [-0.15, -0.1) is 0 Å². The first-order valence-corrected chi connectivity index (χ1v) is 8.61. The van der Waals surface area contributed by atoms with Crippen LogP contribution in [0.3, 0.4) is 0 Å². The summed E-state index contributed by atoms with van der Waals surface area (Å²) in [5.41, 5.74) is 2.36. The maximum atomic E-state index is 13.7. The zero-order chi connectivity index (χ0) is 22.6. The Morgan fingerprint density at radius 1 is 0.741 bits per heavy atom. The minimum absolute atomic E-state index is 0.279. The lowest BCUT2D eigenvalue weighted by Crippen LogP contribution is -2.05. The topological polar surface area (TPSA) is 22.0 Å². The molecule has 0 atom stereocenters. The second-order valence-electron chi connectivity index (χ2n) is 6.22. The summed E-state index contributed by atoms with van der Waals surface area (Å²) in [6.45, 7) is 0. The van der Waals surface area contributed by atoms with Crippen LogP contribution in [0.1, 0.15) is 22.8 Å². The number of nitrogens with zero attached hydrogens (tertiary/aromatic N) is 1. The minimum Gasteiger partial charge on any atom is -0.308 e. The summed E-state index contributed by atoms with van der Waals surface area (Å²) in [5.74, 6) is -0.604. The molecule has 1 heterocycles. The Labute approximate surface area is 164 Å². The highest BCUT2D eigenvalue weighted by atomic mass is 16.1. The minimum atomic E-state index is -0.604. The Morgan fingerprint density at radius 3 is 2.26 bits per heavy atom. The van der Waals surface area contributed by atoms with Gasteiger partial charge >= 0.3 is 0 Å². The highest BCUT2D eigenvalue weighted by Crippen LogP contribution is 2.34. The molecule has 0 aliphatic rings. The fraction of sp³-hybridized carbons (Fsp3) is 0. The van der Waals surface area contributed by atoms with Gasteiger partial charge in [-0.1, -0.05) is 78.7 Å². The van der Waals surface area contributed by atoms with Crippen molar-refractivity contribution < 1.29 is 11.6 Å². The van der Waals surface area contributed by atoms with Crippen molar-refractivity contribution in [2.75, 3.05) is 0 Å². The largest absolute Gasteiger partial charge is 0.308 e. The van der Waals surface area contributed by atoms with E-state index in [0.717, 1.165) is 22.0 Å². The van der Waals surface area contributed by atoms with Gasteiger partial charge < -0.3 is 4.57 Å². The molecule has 2 nitrogen and oxygen atoms in total. The third-order valence-corrected chi connectivity index (χ3v) is 4.68. The molecule has 4 aromatic carbocycles. The Hall–Kier alpha value is -3.65. The maximum absolute atomic E-state index is 13.7.